The first-order valence-corrected chi connectivity index (χ1v) is 6.67. The highest BCUT2D eigenvalue weighted by Gasteiger charge is 2.36. The lowest BCUT2D eigenvalue weighted by Crippen LogP contribution is -2.55. The quantitative estimate of drug-likeness (QED) is 0.634. The summed E-state index contributed by atoms with van der Waals surface area (Å²) in [5.74, 6) is 0.774. The minimum atomic E-state index is -0.643. The Morgan fingerprint density at radius 1 is 1.47 bits per heavy atom. The second-order valence-electron chi connectivity index (χ2n) is 5.79. The second kappa shape index (κ2) is 6.69. The maximum atomic E-state index is 9.34. The average Bonchev–Trinajstić information content (AvgIpc) is 2.28. The van der Waals surface area contributed by atoms with Crippen LogP contribution in [-0.2, 0) is 0 Å². The summed E-state index contributed by atoms with van der Waals surface area (Å²) in [5, 5.41) is 21.4. The summed E-state index contributed by atoms with van der Waals surface area (Å²) in [7, 11) is 4.28. The van der Waals surface area contributed by atoms with Crippen molar-refractivity contribution in [3.05, 3.63) is 0 Å². The Morgan fingerprint density at radius 3 is 2.71 bits per heavy atom. The van der Waals surface area contributed by atoms with E-state index in [2.05, 4.69) is 31.2 Å². The number of rotatable bonds is 6. The van der Waals surface area contributed by atoms with E-state index in [0.717, 1.165) is 12.5 Å². The number of nitrogens with zero attached hydrogens (tertiary/aromatic N) is 1. The smallest absolute Gasteiger partial charge is 0.0894 e. The third-order valence-electron chi connectivity index (χ3n) is 4.06. The molecular weight excluding hydrogens is 216 g/mol. The van der Waals surface area contributed by atoms with Gasteiger partial charge in [0.05, 0.1) is 12.7 Å². The summed E-state index contributed by atoms with van der Waals surface area (Å²) >= 11 is 0. The van der Waals surface area contributed by atoms with Crippen LogP contribution in [0.15, 0.2) is 0 Å². The third kappa shape index (κ3) is 4.21. The van der Waals surface area contributed by atoms with E-state index in [1.165, 1.54) is 25.7 Å². The number of hydrogen-bond donors (Lipinski definition) is 3. The van der Waals surface area contributed by atoms with Crippen LogP contribution in [0.2, 0.25) is 0 Å². The van der Waals surface area contributed by atoms with Crippen molar-refractivity contribution in [3.8, 4) is 0 Å². The standard InChI is InChI=1S/C13H28N2O2/c1-11-5-4-6-13(7-11,15(2)3)10-14-8-12(17)9-16/h11-12,14,16-17H,4-10H2,1-3H3/t11?,12-,13?/m0/s1. The van der Waals surface area contributed by atoms with Crippen molar-refractivity contribution in [1.82, 2.24) is 10.2 Å². The normalized spacial score (nSPS) is 31.8. The van der Waals surface area contributed by atoms with E-state index in [1.54, 1.807) is 0 Å². The SMILES string of the molecule is CC1CCCC(CNC[C@H](O)CO)(N(C)C)C1. The van der Waals surface area contributed by atoms with Crippen LogP contribution in [-0.4, -0.2) is 60.5 Å². The fraction of sp³-hybridized carbons (Fsp3) is 1.00. The molecule has 0 radical (unpaired) electrons. The fourth-order valence-electron chi connectivity index (χ4n) is 2.89. The van der Waals surface area contributed by atoms with E-state index in [0.29, 0.717) is 6.54 Å². The highest BCUT2D eigenvalue weighted by atomic mass is 16.3. The minimum absolute atomic E-state index is 0.168. The van der Waals surface area contributed by atoms with Crippen molar-refractivity contribution in [1.29, 1.82) is 0 Å². The fourth-order valence-corrected chi connectivity index (χ4v) is 2.89. The molecular formula is C13H28N2O2. The summed E-state index contributed by atoms with van der Waals surface area (Å²) in [6, 6.07) is 0. The Bertz CT molecular complexity index is 223. The first kappa shape index (κ1) is 14.9. The van der Waals surface area contributed by atoms with E-state index in [9.17, 15) is 5.11 Å². The van der Waals surface area contributed by atoms with Gasteiger partial charge in [-0.3, -0.25) is 0 Å². The lowest BCUT2D eigenvalue weighted by molar-refractivity contribution is 0.0611. The van der Waals surface area contributed by atoms with Crippen LogP contribution >= 0.6 is 0 Å². The molecule has 4 heteroatoms. The van der Waals surface area contributed by atoms with Gasteiger partial charge in [0.1, 0.15) is 0 Å². The molecule has 0 aromatic heterocycles. The zero-order valence-electron chi connectivity index (χ0n) is 11.4. The van der Waals surface area contributed by atoms with Crippen molar-refractivity contribution >= 4 is 0 Å². The van der Waals surface area contributed by atoms with Gasteiger partial charge in [0.2, 0.25) is 0 Å². The molecule has 102 valence electrons. The predicted octanol–water partition coefficient (Wildman–Crippen LogP) is 0.440. The van der Waals surface area contributed by atoms with Gasteiger partial charge in [-0.15, -0.1) is 0 Å². The van der Waals surface area contributed by atoms with Gasteiger partial charge in [-0.05, 0) is 32.9 Å². The molecule has 4 nitrogen and oxygen atoms in total. The summed E-state index contributed by atoms with van der Waals surface area (Å²) < 4.78 is 0. The molecule has 0 saturated heterocycles. The molecule has 0 amide bonds. The maximum absolute atomic E-state index is 9.34. The molecule has 3 atom stereocenters. The molecule has 3 N–H and O–H groups in total. The van der Waals surface area contributed by atoms with Crippen LogP contribution < -0.4 is 5.32 Å². The van der Waals surface area contributed by atoms with E-state index in [-0.39, 0.29) is 12.1 Å². The van der Waals surface area contributed by atoms with Crippen LogP contribution in [0.1, 0.15) is 32.6 Å². The Kier molecular flexibility index (Phi) is 5.86. The van der Waals surface area contributed by atoms with Gasteiger partial charge >= 0.3 is 0 Å². The molecule has 0 heterocycles. The Balaban J connectivity index is 2.47. The first-order chi connectivity index (χ1) is 8.00. The molecule has 0 bridgehead atoms. The van der Waals surface area contributed by atoms with E-state index in [4.69, 9.17) is 5.11 Å². The molecule has 1 aliphatic rings. The molecule has 0 aliphatic heterocycles. The van der Waals surface area contributed by atoms with E-state index < -0.39 is 6.10 Å². The van der Waals surface area contributed by atoms with E-state index >= 15 is 0 Å². The lowest BCUT2D eigenvalue weighted by atomic mass is 9.75. The Hall–Kier alpha value is -0.160. The molecule has 17 heavy (non-hydrogen) atoms. The zero-order valence-corrected chi connectivity index (χ0v) is 11.4. The van der Waals surface area contributed by atoms with Crippen LogP contribution in [0.25, 0.3) is 0 Å². The Labute approximate surface area is 105 Å². The number of nitrogens with one attached hydrogen (secondary N) is 1. The Morgan fingerprint density at radius 2 is 2.18 bits per heavy atom. The highest BCUT2D eigenvalue weighted by molar-refractivity contribution is 4.94. The first-order valence-electron chi connectivity index (χ1n) is 6.67. The van der Waals surface area contributed by atoms with Gasteiger partial charge in [-0.1, -0.05) is 19.8 Å². The largest absolute Gasteiger partial charge is 0.394 e. The van der Waals surface area contributed by atoms with E-state index in [1.807, 2.05) is 0 Å². The van der Waals surface area contributed by atoms with Crippen LogP contribution in [0.4, 0.5) is 0 Å². The maximum Gasteiger partial charge on any atom is 0.0894 e. The topological polar surface area (TPSA) is 55.7 Å². The van der Waals surface area contributed by atoms with Crippen LogP contribution in [0.3, 0.4) is 0 Å². The summed E-state index contributed by atoms with van der Waals surface area (Å²) in [6.07, 6.45) is 4.39. The molecule has 0 spiro atoms. The number of aliphatic hydroxyl groups is 2. The lowest BCUT2D eigenvalue weighted by Gasteiger charge is -2.45. The van der Waals surface area contributed by atoms with Crippen molar-refractivity contribution in [2.24, 2.45) is 5.92 Å². The second-order valence-corrected chi connectivity index (χ2v) is 5.79. The van der Waals surface area contributed by atoms with Crippen LogP contribution in [0, 0.1) is 5.92 Å². The van der Waals surface area contributed by atoms with Crippen molar-refractivity contribution in [2.45, 2.75) is 44.2 Å². The van der Waals surface area contributed by atoms with Crippen molar-refractivity contribution < 1.29 is 10.2 Å². The third-order valence-corrected chi connectivity index (χ3v) is 4.06. The molecule has 0 aromatic carbocycles. The summed E-state index contributed by atoms with van der Waals surface area (Å²) in [4.78, 5) is 2.32. The van der Waals surface area contributed by atoms with Crippen LogP contribution in [0.5, 0.6) is 0 Å². The zero-order chi connectivity index (χ0) is 12.9. The molecule has 1 rings (SSSR count). The summed E-state index contributed by atoms with van der Waals surface area (Å²) in [5.41, 5.74) is 0.215. The van der Waals surface area contributed by atoms with Gasteiger partial charge in [-0.2, -0.15) is 0 Å². The number of likely N-dealkylation sites (N-methyl/N-ethyl adjacent to an activating group) is 1. The monoisotopic (exact) mass is 244 g/mol. The average molecular weight is 244 g/mol. The van der Waals surface area contributed by atoms with Gasteiger partial charge in [0, 0.05) is 18.6 Å². The van der Waals surface area contributed by atoms with Crippen molar-refractivity contribution in [2.75, 3.05) is 33.8 Å². The molecule has 1 saturated carbocycles. The molecule has 1 aliphatic carbocycles. The number of aliphatic hydroxyl groups excluding tert-OH is 2. The van der Waals surface area contributed by atoms with Gasteiger partial charge in [0.15, 0.2) is 0 Å². The predicted molar refractivity (Wildman–Crippen MR) is 70.0 cm³/mol. The van der Waals surface area contributed by atoms with Gasteiger partial charge in [0.25, 0.3) is 0 Å². The van der Waals surface area contributed by atoms with Gasteiger partial charge < -0.3 is 20.4 Å². The number of hydrogen-bond acceptors (Lipinski definition) is 4. The molecule has 0 aromatic rings. The molecule has 1 fully saturated rings. The summed E-state index contributed by atoms with van der Waals surface area (Å²) in [6.45, 7) is 3.51. The van der Waals surface area contributed by atoms with Crippen molar-refractivity contribution in [3.63, 3.8) is 0 Å². The minimum Gasteiger partial charge on any atom is -0.394 e. The van der Waals surface area contributed by atoms with Gasteiger partial charge in [-0.25, -0.2) is 0 Å². The highest BCUT2D eigenvalue weighted by Crippen LogP contribution is 2.35. The molecule has 2 unspecified atom stereocenters.